The zero-order chi connectivity index (χ0) is 35.5. The minimum Gasteiger partial charge on any atom is -0.477 e. The third kappa shape index (κ3) is 6.44. The Balaban J connectivity index is 1.21. The van der Waals surface area contributed by atoms with Crippen LogP contribution in [0.4, 0.5) is 5.13 Å². The zero-order valence-corrected chi connectivity index (χ0v) is 29.1. The summed E-state index contributed by atoms with van der Waals surface area (Å²) in [5.41, 5.74) is 6.89. The molecule has 1 fully saturated rings. The summed E-state index contributed by atoms with van der Waals surface area (Å²) in [4.78, 5) is 52.0. The smallest absolute Gasteiger partial charge is 0.352 e. The number of nitrogens with two attached hydrogens (primary N) is 1. The fourth-order valence-electron chi connectivity index (χ4n) is 5.81. The molecule has 1 saturated heterocycles. The first-order valence-corrected chi connectivity index (χ1v) is 18.2. The maximum atomic E-state index is 14.1. The van der Waals surface area contributed by atoms with E-state index in [-0.39, 0.29) is 28.1 Å². The Morgan fingerprint density at radius 3 is 2.16 bits per heavy atom. The number of thioether (sulfide) groups is 2. The van der Waals surface area contributed by atoms with Gasteiger partial charge in [-0.05, 0) is 16.0 Å². The van der Waals surface area contributed by atoms with E-state index < -0.39 is 34.8 Å². The van der Waals surface area contributed by atoms with E-state index >= 15 is 0 Å². The van der Waals surface area contributed by atoms with Gasteiger partial charge in [-0.2, -0.15) is 9.36 Å². The number of nitrogens with one attached hydrogen (secondary N) is 1. The van der Waals surface area contributed by atoms with Gasteiger partial charge in [-0.15, -0.1) is 16.9 Å². The summed E-state index contributed by atoms with van der Waals surface area (Å²) in [6.45, 7) is 0. The van der Waals surface area contributed by atoms with Gasteiger partial charge in [0.1, 0.15) is 17.1 Å². The number of aryl methyl sites for hydroxylation is 1. The molecule has 0 saturated carbocycles. The number of rotatable bonds is 12. The number of carbonyl (C=O) groups is 3. The molecule has 51 heavy (non-hydrogen) atoms. The Morgan fingerprint density at radius 2 is 1.65 bits per heavy atom. The molecule has 4 N–H and O–H groups in total. The molecule has 2 aliphatic rings. The highest BCUT2D eigenvalue weighted by atomic mass is 32.2. The number of oxime groups is 1. The number of nitrogen functional groups attached to an aromatic ring is 1. The molecular formula is C33H28N10O5S3. The predicted molar refractivity (Wildman–Crippen MR) is 190 cm³/mol. The van der Waals surface area contributed by atoms with Crippen LogP contribution in [0.15, 0.2) is 113 Å². The van der Waals surface area contributed by atoms with Gasteiger partial charge in [-0.25, -0.2) is 9.48 Å². The first-order chi connectivity index (χ1) is 24.8. The lowest BCUT2D eigenvalue weighted by Gasteiger charge is -2.49. The average molecular weight is 741 g/mol. The number of tetrazole rings is 1. The van der Waals surface area contributed by atoms with Crippen LogP contribution in [-0.4, -0.2) is 86.0 Å². The standard InChI is InChI=1S/C33H28N10O5S3/c1-42-32(37-40-41-42)50-18-19-17-49-29-24(28(45)43(29)25(19)30(46)47)35-27(44)23(26-36-31(34)51-39-26)38-48-33(20-11-5-2-6-12-20,21-13-7-3-8-14-21)22-15-9-4-10-16-22/h2-16,24,29H,17-18H2,1H3,(H,35,44)(H,46,47)(H2,34,36,39)/b38-23+. The van der Waals surface area contributed by atoms with Crippen LogP contribution in [0.1, 0.15) is 22.5 Å². The number of fused-ring (bicyclic) bond motifs is 1. The number of carboxylic acid groups (broad SMARTS) is 1. The Bertz CT molecular complexity index is 2050. The lowest BCUT2D eigenvalue weighted by Crippen LogP contribution is -2.71. The number of amides is 2. The molecule has 2 unspecified atom stereocenters. The summed E-state index contributed by atoms with van der Waals surface area (Å²) < 4.78 is 5.71. The molecule has 15 nitrogen and oxygen atoms in total. The average Bonchev–Trinajstić information content (AvgIpc) is 3.78. The van der Waals surface area contributed by atoms with E-state index in [0.717, 1.165) is 28.2 Å². The fourth-order valence-corrected chi connectivity index (χ4v) is 8.57. The summed E-state index contributed by atoms with van der Waals surface area (Å²) in [6, 6.07) is 27.3. The Morgan fingerprint density at radius 1 is 1.04 bits per heavy atom. The van der Waals surface area contributed by atoms with Crippen LogP contribution in [0.2, 0.25) is 0 Å². The second kappa shape index (κ2) is 14.3. The maximum Gasteiger partial charge on any atom is 0.352 e. The monoisotopic (exact) mass is 740 g/mol. The molecule has 7 rings (SSSR count). The Kier molecular flexibility index (Phi) is 9.52. The van der Waals surface area contributed by atoms with Crippen molar-refractivity contribution in [1.82, 2.24) is 39.8 Å². The van der Waals surface area contributed by atoms with Crippen molar-refractivity contribution < 1.29 is 24.3 Å². The number of hydrogen-bond acceptors (Lipinski definition) is 14. The molecule has 0 radical (unpaired) electrons. The molecule has 0 spiro atoms. The van der Waals surface area contributed by atoms with E-state index in [4.69, 9.17) is 10.6 Å². The van der Waals surface area contributed by atoms with Gasteiger partial charge in [0.25, 0.3) is 11.8 Å². The van der Waals surface area contributed by atoms with Crippen LogP contribution < -0.4 is 11.1 Å². The highest BCUT2D eigenvalue weighted by Crippen LogP contribution is 2.42. The van der Waals surface area contributed by atoms with Crippen molar-refractivity contribution in [3.05, 3.63) is 125 Å². The molecule has 3 aromatic carbocycles. The van der Waals surface area contributed by atoms with E-state index in [1.807, 2.05) is 91.0 Å². The van der Waals surface area contributed by atoms with Gasteiger partial charge in [-0.1, -0.05) is 108 Å². The second-order valence-corrected chi connectivity index (χ2v) is 14.1. The maximum absolute atomic E-state index is 14.1. The van der Waals surface area contributed by atoms with Crippen LogP contribution in [0.25, 0.3) is 0 Å². The van der Waals surface area contributed by atoms with E-state index in [0.29, 0.717) is 16.5 Å². The van der Waals surface area contributed by atoms with E-state index in [2.05, 4.69) is 35.4 Å². The molecule has 258 valence electrons. The van der Waals surface area contributed by atoms with Crippen molar-refractivity contribution >= 4 is 63.7 Å². The molecule has 2 aromatic heterocycles. The van der Waals surface area contributed by atoms with Crippen LogP contribution in [0.5, 0.6) is 0 Å². The van der Waals surface area contributed by atoms with Crippen LogP contribution >= 0.6 is 35.1 Å². The van der Waals surface area contributed by atoms with Gasteiger partial charge >= 0.3 is 5.97 Å². The van der Waals surface area contributed by atoms with E-state index in [1.54, 1.807) is 7.05 Å². The number of hydrogen-bond donors (Lipinski definition) is 3. The lowest BCUT2D eigenvalue weighted by atomic mass is 9.80. The highest BCUT2D eigenvalue weighted by molar-refractivity contribution is 8.01. The number of carbonyl (C=O) groups excluding carboxylic acids is 2. The molecule has 0 bridgehead atoms. The van der Waals surface area contributed by atoms with Crippen molar-refractivity contribution in [3.63, 3.8) is 0 Å². The molecule has 2 aliphatic heterocycles. The zero-order valence-electron chi connectivity index (χ0n) is 26.7. The Labute approximate surface area is 303 Å². The van der Waals surface area contributed by atoms with Gasteiger partial charge in [0.15, 0.2) is 5.13 Å². The predicted octanol–water partition coefficient (Wildman–Crippen LogP) is 2.89. The van der Waals surface area contributed by atoms with Crippen molar-refractivity contribution in [2.24, 2.45) is 12.2 Å². The number of carboxylic acids is 1. The molecule has 18 heteroatoms. The Hall–Kier alpha value is -5.59. The normalized spacial score (nSPS) is 17.5. The fraction of sp³-hybridized carbons (Fsp3) is 0.182. The van der Waals surface area contributed by atoms with Crippen LogP contribution in [-0.2, 0) is 31.9 Å². The molecular weight excluding hydrogens is 713 g/mol. The van der Waals surface area contributed by atoms with Gasteiger partial charge < -0.3 is 21.0 Å². The largest absolute Gasteiger partial charge is 0.477 e. The lowest BCUT2D eigenvalue weighted by molar-refractivity contribution is -0.150. The summed E-state index contributed by atoms with van der Waals surface area (Å²) in [5.74, 6) is -2.16. The summed E-state index contributed by atoms with van der Waals surface area (Å²) in [6.07, 6.45) is 0. The topological polar surface area (TPSA) is 204 Å². The number of aromatic nitrogens is 6. The SMILES string of the molecule is Cn1nnnc1SCC1=C(C(=O)O)N2C(=O)C(NC(=O)/C(=N/OC(c3ccccc3)(c3ccccc3)c3ccccc3)c3nsc(N)n3)C2SC1. The summed E-state index contributed by atoms with van der Waals surface area (Å²) >= 11 is 3.47. The minimum atomic E-state index is -1.32. The molecule has 0 aliphatic carbocycles. The van der Waals surface area contributed by atoms with E-state index in [9.17, 15) is 19.5 Å². The number of aliphatic carboxylic acids is 1. The van der Waals surface area contributed by atoms with Gasteiger partial charge in [0.2, 0.25) is 22.3 Å². The van der Waals surface area contributed by atoms with Crippen LogP contribution in [0.3, 0.4) is 0 Å². The first-order valence-electron chi connectivity index (χ1n) is 15.4. The minimum absolute atomic E-state index is 0.0956. The van der Waals surface area contributed by atoms with Gasteiger partial charge in [0.05, 0.1) is 0 Å². The quantitative estimate of drug-likeness (QED) is 0.0554. The summed E-state index contributed by atoms with van der Waals surface area (Å²) in [5, 5.41) is 28.5. The first kappa shape index (κ1) is 33.9. The third-order valence-electron chi connectivity index (χ3n) is 8.18. The van der Waals surface area contributed by atoms with Crippen molar-refractivity contribution in [2.45, 2.75) is 22.2 Å². The number of β-lactam (4-membered cyclic amide) rings is 1. The molecule has 2 amide bonds. The molecule has 4 heterocycles. The number of benzene rings is 3. The third-order valence-corrected chi connectivity index (χ3v) is 11.2. The highest BCUT2D eigenvalue weighted by Gasteiger charge is 2.54. The van der Waals surface area contributed by atoms with Gasteiger partial charge in [0, 0.05) is 46.8 Å². The van der Waals surface area contributed by atoms with Crippen molar-refractivity contribution in [1.29, 1.82) is 0 Å². The molecule has 2 atom stereocenters. The number of nitrogens with zero attached hydrogens (tertiary/aromatic N) is 8. The van der Waals surface area contributed by atoms with Gasteiger partial charge in [-0.3, -0.25) is 14.5 Å². The van der Waals surface area contributed by atoms with Crippen molar-refractivity contribution in [2.75, 3.05) is 17.2 Å². The number of anilines is 1. The van der Waals surface area contributed by atoms with Crippen molar-refractivity contribution in [3.8, 4) is 0 Å². The van der Waals surface area contributed by atoms with Crippen LogP contribution in [0, 0.1) is 0 Å². The van der Waals surface area contributed by atoms with E-state index in [1.165, 1.54) is 33.1 Å². The summed E-state index contributed by atoms with van der Waals surface area (Å²) in [7, 11) is 1.68. The molecule has 5 aromatic rings. The second-order valence-electron chi connectivity index (χ2n) is 11.3.